The Morgan fingerprint density at radius 1 is 1.24 bits per heavy atom. The van der Waals surface area contributed by atoms with Crippen molar-refractivity contribution in [1.82, 2.24) is 20.0 Å². The Bertz CT molecular complexity index is 722. The molecule has 0 saturated heterocycles. The lowest BCUT2D eigenvalue weighted by Gasteiger charge is -2.20. The third kappa shape index (κ3) is 3.13. The van der Waals surface area contributed by atoms with Crippen molar-refractivity contribution >= 4 is 10.9 Å². The highest BCUT2D eigenvalue weighted by Gasteiger charge is 2.13. The van der Waals surface area contributed by atoms with Crippen molar-refractivity contribution < 1.29 is 4.52 Å². The third-order valence-electron chi connectivity index (χ3n) is 3.40. The van der Waals surface area contributed by atoms with Crippen molar-refractivity contribution in [3.05, 3.63) is 48.2 Å². The fourth-order valence-electron chi connectivity index (χ4n) is 2.37. The monoisotopic (exact) mass is 284 g/mol. The Morgan fingerprint density at radius 3 is 2.76 bits per heavy atom. The zero-order valence-corrected chi connectivity index (χ0v) is 12.6. The predicted molar refractivity (Wildman–Crippen MR) is 81.9 cm³/mol. The van der Waals surface area contributed by atoms with E-state index >= 15 is 0 Å². The summed E-state index contributed by atoms with van der Waals surface area (Å²) in [7, 11) is 0. The van der Waals surface area contributed by atoms with Crippen molar-refractivity contribution in [3.8, 4) is 0 Å². The van der Waals surface area contributed by atoms with E-state index in [0.717, 1.165) is 6.54 Å². The van der Waals surface area contributed by atoms with E-state index < -0.39 is 0 Å². The number of rotatable bonds is 4. The fraction of sp³-hybridized carbons (Fsp3) is 0.375. The second-order valence-electron chi connectivity index (χ2n) is 6.25. The van der Waals surface area contributed by atoms with Crippen LogP contribution in [-0.2, 0) is 13.1 Å². The molecule has 0 fully saturated rings. The Kier molecular flexibility index (Phi) is 3.51. The van der Waals surface area contributed by atoms with Gasteiger partial charge in [-0.05, 0) is 32.4 Å². The molecule has 0 atom stereocenters. The first-order chi connectivity index (χ1) is 10.0. The lowest BCUT2D eigenvalue weighted by Crippen LogP contribution is -2.34. The van der Waals surface area contributed by atoms with Crippen LogP contribution in [0.4, 0.5) is 0 Å². The molecule has 2 aromatic heterocycles. The quantitative estimate of drug-likeness (QED) is 0.800. The van der Waals surface area contributed by atoms with Crippen LogP contribution in [0.1, 0.15) is 32.2 Å². The molecular weight excluding hydrogens is 264 g/mol. The third-order valence-corrected chi connectivity index (χ3v) is 3.40. The minimum absolute atomic E-state index is 0.0941. The molecule has 3 rings (SSSR count). The van der Waals surface area contributed by atoms with Crippen LogP contribution in [0.2, 0.25) is 0 Å². The molecule has 0 unspecified atom stereocenters. The number of nitrogens with zero attached hydrogens (tertiary/aromatic N) is 3. The molecule has 110 valence electrons. The Balaban J connectivity index is 1.94. The van der Waals surface area contributed by atoms with E-state index in [1.807, 2.05) is 0 Å². The van der Waals surface area contributed by atoms with E-state index in [1.165, 1.54) is 22.9 Å². The molecule has 0 aliphatic carbocycles. The summed E-state index contributed by atoms with van der Waals surface area (Å²) >= 11 is 0. The van der Waals surface area contributed by atoms with Crippen LogP contribution in [0, 0.1) is 0 Å². The van der Waals surface area contributed by atoms with Gasteiger partial charge < -0.3 is 14.4 Å². The molecule has 1 N–H and O–H groups in total. The Morgan fingerprint density at radius 2 is 2.05 bits per heavy atom. The van der Waals surface area contributed by atoms with Crippen molar-refractivity contribution in [2.75, 3.05) is 0 Å². The molecule has 21 heavy (non-hydrogen) atoms. The van der Waals surface area contributed by atoms with Gasteiger partial charge in [-0.1, -0.05) is 23.4 Å². The van der Waals surface area contributed by atoms with Crippen LogP contribution in [0.15, 0.2) is 41.4 Å². The summed E-state index contributed by atoms with van der Waals surface area (Å²) in [6.45, 7) is 7.97. The lowest BCUT2D eigenvalue weighted by molar-refractivity contribution is 0.408. The molecule has 3 aromatic rings. The second kappa shape index (κ2) is 5.33. The van der Waals surface area contributed by atoms with Gasteiger partial charge in [0.2, 0.25) is 6.39 Å². The molecular formula is C16H20N4O. The summed E-state index contributed by atoms with van der Waals surface area (Å²) in [4.78, 5) is 4.10. The number of nitrogens with one attached hydrogen (secondary N) is 1. The molecule has 0 spiro atoms. The lowest BCUT2D eigenvalue weighted by atomic mass is 10.1. The van der Waals surface area contributed by atoms with Crippen LogP contribution >= 0.6 is 0 Å². The summed E-state index contributed by atoms with van der Waals surface area (Å²) in [5.74, 6) is 0.686. The zero-order chi connectivity index (χ0) is 14.9. The van der Waals surface area contributed by atoms with Gasteiger partial charge in [-0.15, -0.1) is 0 Å². The van der Waals surface area contributed by atoms with Gasteiger partial charge in [0, 0.05) is 29.2 Å². The number of fused-ring (bicyclic) bond motifs is 1. The number of hydrogen-bond acceptors (Lipinski definition) is 4. The first-order valence-electron chi connectivity index (χ1n) is 7.10. The largest absolute Gasteiger partial charge is 0.343 e. The van der Waals surface area contributed by atoms with Crippen molar-refractivity contribution in [1.29, 1.82) is 0 Å². The molecule has 0 amide bonds. The van der Waals surface area contributed by atoms with Gasteiger partial charge in [0.15, 0.2) is 5.82 Å². The molecule has 5 heteroatoms. The second-order valence-corrected chi connectivity index (χ2v) is 6.25. The van der Waals surface area contributed by atoms with Crippen LogP contribution in [0.5, 0.6) is 0 Å². The number of para-hydroxylation sites is 1. The van der Waals surface area contributed by atoms with E-state index in [9.17, 15) is 0 Å². The van der Waals surface area contributed by atoms with E-state index in [1.54, 1.807) is 0 Å². The van der Waals surface area contributed by atoms with E-state index in [-0.39, 0.29) is 5.54 Å². The van der Waals surface area contributed by atoms with E-state index in [2.05, 4.69) is 71.3 Å². The van der Waals surface area contributed by atoms with Gasteiger partial charge in [0.05, 0.1) is 6.54 Å². The maximum absolute atomic E-state index is 4.81. The van der Waals surface area contributed by atoms with Crippen LogP contribution < -0.4 is 5.32 Å². The minimum Gasteiger partial charge on any atom is -0.343 e. The maximum Gasteiger partial charge on any atom is 0.213 e. The molecule has 0 bridgehead atoms. The SMILES string of the molecule is CC(C)(C)NCc1cn(Cc2ncon2)c2ccccc12. The Labute approximate surface area is 124 Å². The molecule has 0 radical (unpaired) electrons. The molecule has 5 nitrogen and oxygen atoms in total. The summed E-state index contributed by atoms with van der Waals surface area (Å²) in [6.07, 6.45) is 3.53. The average molecular weight is 284 g/mol. The molecule has 0 aliphatic heterocycles. The highest BCUT2D eigenvalue weighted by Crippen LogP contribution is 2.22. The normalized spacial score (nSPS) is 12.1. The summed E-state index contributed by atoms with van der Waals surface area (Å²) in [5, 5.41) is 8.69. The first-order valence-corrected chi connectivity index (χ1v) is 7.10. The first kappa shape index (κ1) is 13.8. The minimum atomic E-state index is 0.0941. The average Bonchev–Trinajstić information content (AvgIpc) is 3.05. The highest BCUT2D eigenvalue weighted by molar-refractivity contribution is 5.84. The van der Waals surface area contributed by atoms with E-state index in [0.29, 0.717) is 12.4 Å². The van der Waals surface area contributed by atoms with Crippen molar-refractivity contribution in [2.24, 2.45) is 0 Å². The van der Waals surface area contributed by atoms with Crippen molar-refractivity contribution in [2.45, 2.75) is 39.4 Å². The topological polar surface area (TPSA) is 55.9 Å². The predicted octanol–water partition coefficient (Wildman–Crippen LogP) is 2.96. The summed E-state index contributed by atoms with van der Waals surface area (Å²) in [5.41, 5.74) is 2.56. The van der Waals surface area contributed by atoms with Gasteiger partial charge in [-0.3, -0.25) is 0 Å². The molecule has 0 saturated carbocycles. The van der Waals surface area contributed by atoms with Crippen LogP contribution in [-0.4, -0.2) is 20.2 Å². The zero-order valence-electron chi connectivity index (χ0n) is 12.6. The summed E-state index contributed by atoms with van der Waals surface area (Å²) < 4.78 is 6.98. The maximum atomic E-state index is 4.81. The number of aromatic nitrogens is 3. The standard InChI is InChI=1S/C16H20N4O/c1-16(2,3)18-8-12-9-20(10-15-17-11-21-19-15)14-7-5-4-6-13(12)14/h4-7,9,11,18H,8,10H2,1-3H3. The van der Waals surface area contributed by atoms with Gasteiger partial charge in [-0.25, -0.2) is 0 Å². The summed E-state index contributed by atoms with van der Waals surface area (Å²) in [6, 6.07) is 8.40. The molecule has 2 heterocycles. The number of benzene rings is 1. The Hall–Kier alpha value is -2.14. The van der Waals surface area contributed by atoms with Gasteiger partial charge in [0.25, 0.3) is 0 Å². The van der Waals surface area contributed by atoms with Crippen LogP contribution in [0.3, 0.4) is 0 Å². The number of hydrogen-bond donors (Lipinski definition) is 1. The van der Waals surface area contributed by atoms with Crippen LogP contribution in [0.25, 0.3) is 10.9 Å². The molecule has 1 aromatic carbocycles. The van der Waals surface area contributed by atoms with E-state index in [4.69, 9.17) is 4.52 Å². The smallest absolute Gasteiger partial charge is 0.213 e. The fourth-order valence-corrected chi connectivity index (χ4v) is 2.37. The van der Waals surface area contributed by atoms with Gasteiger partial charge in [-0.2, -0.15) is 4.98 Å². The van der Waals surface area contributed by atoms with Gasteiger partial charge in [0.1, 0.15) is 0 Å². The van der Waals surface area contributed by atoms with Gasteiger partial charge >= 0.3 is 0 Å². The highest BCUT2D eigenvalue weighted by atomic mass is 16.5. The molecule has 0 aliphatic rings. The van der Waals surface area contributed by atoms with Crippen molar-refractivity contribution in [3.63, 3.8) is 0 Å².